The molecule has 1 aliphatic rings. The molecular formula is C53H52IrN2OSi-2. The molecule has 58 heavy (non-hydrogen) atoms. The van der Waals surface area contributed by atoms with Crippen LogP contribution in [0.2, 0.25) is 19.6 Å². The van der Waals surface area contributed by atoms with Gasteiger partial charge in [-0.15, -0.1) is 54.1 Å². The largest absolute Gasteiger partial charge is 0.501 e. The summed E-state index contributed by atoms with van der Waals surface area (Å²) in [5, 5.41) is 3.26. The van der Waals surface area contributed by atoms with E-state index in [0.29, 0.717) is 0 Å². The zero-order chi connectivity index (χ0) is 42.1. The topological polar surface area (TPSA) is 38.9 Å². The van der Waals surface area contributed by atoms with Crippen LogP contribution < -0.4 is 5.19 Å². The summed E-state index contributed by atoms with van der Waals surface area (Å²) in [4.78, 5) is 9.24. The number of furan rings is 1. The van der Waals surface area contributed by atoms with Crippen LogP contribution in [0.25, 0.3) is 66.7 Å². The van der Waals surface area contributed by atoms with Gasteiger partial charge in [0.1, 0.15) is 5.58 Å². The van der Waals surface area contributed by atoms with Crippen molar-refractivity contribution in [1.82, 2.24) is 9.97 Å². The molecule has 3 heterocycles. The zero-order valence-corrected chi connectivity index (χ0v) is 37.4. The fourth-order valence-corrected chi connectivity index (χ4v) is 9.22. The maximum Gasteiger partial charge on any atom is 0.120 e. The Morgan fingerprint density at radius 3 is 2.14 bits per heavy atom. The first-order valence-electron chi connectivity index (χ1n) is 21.8. The first kappa shape index (κ1) is 37.3. The summed E-state index contributed by atoms with van der Waals surface area (Å²) in [5.41, 5.74) is 11.5. The summed E-state index contributed by atoms with van der Waals surface area (Å²) >= 11 is 0. The summed E-state index contributed by atoms with van der Waals surface area (Å²) in [7, 11) is -1.69. The predicted molar refractivity (Wildman–Crippen MR) is 243 cm³/mol. The van der Waals surface area contributed by atoms with E-state index < -0.39 is 20.3 Å². The van der Waals surface area contributed by atoms with Crippen LogP contribution in [0.15, 0.2) is 144 Å². The zero-order valence-electron chi connectivity index (χ0n) is 37.0. The number of pyridine rings is 2. The molecule has 1 saturated carbocycles. The molecule has 1 fully saturated rings. The standard InChI is InChI=1S/C32H24NO.C21H28NSi.Ir/c1-21(2)25-17-18-33-30(20-25)28-10-6-9-27-29-19-26(15-16-31(29)34-32(27)28)24-13-11-23(12-14-24)22-7-4-3-5-8-22;1-23(2,3)21-16-22-20(18-12-8-5-9-13-18)15-19(21)14-17-10-6-4-7-11-17;/h3-9,11-21H,1-2H3;5,8-9,12,15-17H,4,6-7,10-11,14H2,1-3H3;/q2*-1;/i21D;14D2;. The van der Waals surface area contributed by atoms with Gasteiger partial charge in [0, 0.05) is 42.0 Å². The molecule has 3 nitrogen and oxygen atoms in total. The van der Waals surface area contributed by atoms with E-state index in [4.69, 9.17) is 8.53 Å². The molecule has 0 saturated heterocycles. The monoisotopic (exact) mass is 956 g/mol. The van der Waals surface area contributed by atoms with Gasteiger partial charge < -0.3 is 14.4 Å². The van der Waals surface area contributed by atoms with Crippen molar-refractivity contribution in [3.63, 3.8) is 0 Å². The Morgan fingerprint density at radius 1 is 0.724 bits per heavy atom. The molecule has 1 radical (unpaired) electrons. The van der Waals surface area contributed by atoms with Crippen molar-refractivity contribution < 1.29 is 28.6 Å². The van der Waals surface area contributed by atoms with Crippen molar-refractivity contribution in [2.75, 3.05) is 0 Å². The molecule has 0 spiro atoms. The Morgan fingerprint density at radius 2 is 1.43 bits per heavy atom. The molecule has 5 aromatic carbocycles. The van der Waals surface area contributed by atoms with Crippen LogP contribution in [0.4, 0.5) is 0 Å². The van der Waals surface area contributed by atoms with Gasteiger partial charge in [0.2, 0.25) is 0 Å². The van der Waals surface area contributed by atoms with Crippen LogP contribution in [0.3, 0.4) is 0 Å². The van der Waals surface area contributed by atoms with Gasteiger partial charge in [-0.2, -0.15) is 0 Å². The summed E-state index contributed by atoms with van der Waals surface area (Å²) < 4.78 is 32.7. The van der Waals surface area contributed by atoms with Crippen molar-refractivity contribution in [2.24, 2.45) is 5.92 Å². The number of hydrogen-bond donors (Lipinski definition) is 0. The molecule has 9 rings (SSSR count). The molecule has 0 unspecified atom stereocenters. The van der Waals surface area contributed by atoms with Crippen LogP contribution in [-0.2, 0) is 26.5 Å². The van der Waals surface area contributed by atoms with Crippen LogP contribution in [0.5, 0.6) is 0 Å². The average molecular weight is 956 g/mol. The van der Waals surface area contributed by atoms with E-state index in [1.165, 1.54) is 17.5 Å². The maximum absolute atomic E-state index is 8.99. The van der Waals surface area contributed by atoms with E-state index in [0.717, 1.165) is 97.6 Å². The summed E-state index contributed by atoms with van der Waals surface area (Å²) in [6.07, 6.45) is 7.94. The molecule has 0 atom stereocenters. The average Bonchev–Trinajstić information content (AvgIpc) is 3.65. The maximum atomic E-state index is 8.99. The molecule has 1 aliphatic carbocycles. The third kappa shape index (κ3) is 9.34. The van der Waals surface area contributed by atoms with Gasteiger partial charge in [0.25, 0.3) is 0 Å². The SMILES string of the molecule is [2H]C(C)(C)c1ccnc(-c2[c-]ccc3c2oc2ccc(-c4ccc(-c5ccccc5)cc4)cc23)c1.[2H]C([2H])(c1cc(-c2[c-]cccc2)ncc1[Si](C)(C)C)C1CCCCC1.[Ir]. The van der Waals surface area contributed by atoms with E-state index in [9.17, 15) is 0 Å². The van der Waals surface area contributed by atoms with E-state index >= 15 is 0 Å². The Labute approximate surface area is 363 Å². The minimum Gasteiger partial charge on any atom is -0.501 e. The van der Waals surface area contributed by atoms with Crippen molar-refractivity contribution in [2.45, 2.75) is 77.9 Å². The Balaban J connectivity index is 0.000000192. The first-order chi connectivity index (χ1) is 28.8. The molecule has 0 bridgehead atoms. The molecule has 295 valence electrons. The second-order valence-corrected chi connectivity index (χ2v) is 21.4. The van der Waals surface area contributed by atoms with Crippen LogP contribution in [0.1, 0.15) is 67.1 Å². The number of hydrogen-bond acceptors (Lipinski definition) is 3. The van der Waals surface area contributed by atoms with Crippen molar-refractivity contribution in [3.05, 3.63) is 163 Å². The Bertz CT molecular complexity index is 2730. The number of fused-ring (bicyclic) bond motifs is 3. The van der Waals surface area contributed by atoms with E-state index in [2.05, 4.69) is 102 Å². The molecule has 3 aromatic heterocycles. The van der Waals surface area contributed by atoms with Crippen LogP contribution >= 0.6 is 0 Å². The molecule has 0 amide bonds. The van der Waals surface area contributed by atoms with Gasteiger partial charge in [-0.3, -0.25) is 0 Å². The van der Waals surface area contributed by atoms with E-state index in [1.807, 2.05) is 86.8 Å². The molecule has 8 aromatic rings. The normalized spacial score (nSPS) is 14.5. The fourth-order valence-electron chi connectivity index (χ4n) is 7.81. The second kappa shape index (κ2) is 18.3. The van der Waals surface area contributed by atoms with Crippen LogP contribution in [-0.4, -0.2) is 18.0 Å². The third-order valence-electron chi connectivity index (χ3n) is 11.0. The quantitative estimate of drug-likeness (QED) is 0.113. The van der Waals surface area contributed by atoms with E-state index in [-0.39, 0.29) is 26.0 Å². The van der Waals surface area contributed by atoms with Gasteiger partial charge in [0.05, 0.1) is 13.7 Å². The van der Waals surface area contributed by atoms with Gasteiger partial charge in [-0.25, -0.2) is 0 Å². The fraction of sp³-hybridized carbons (Fsp3) is 0.245. The molecule has 0 aliphatic heterocycles. The Kier molecular flexibility index (Phi) is 11.8. The number of rotatable bonds is 8. The van der Waals surface area contributed by atoms with Crippen molar-refractivity contribution in [3.8, 4) is 44.8 Å². The molecule has 5 heteroatoms. The molecule has 0 N–H and O–H groups in total. The van der Waals surface area contributed by atoms with Crippen molar-refractivity contribution >= 4 is 35.2 Å². The number of aromatic nitrogens is 2. The summed E-state index contributed by atoms with van der Waals surface area (Å²) in [5.74, 6) is -0.587. The van der Waals surface area contributed by atoms with Gasteiger partial charge in [-0.1, -0.05) is 160 Å². The number of nitrogens with zero attached hydrogens (tertiary/aromatic N) is 2. The smallest absolute Gasteiger partial charge is 0.120 e. The van der Waals surface area contributed by atoms with Gasteiger partial charge >= 0.3 is 0 Å². The summed E-state index contributed by atoms with van der Waals surface area (Å²) in [6, 6.07) is 49.6. The number of benzene rings is 5. The minimum atomic E-state index is -1.69. The van der Waals surface area contributed by atoms with Gasteiger partial charge in [0.15, 0.2) is 0 Å². The Hall–Kier alpha value is -4.93. The van der Waals surface area contributed by atoms with E-state index in [1.54, 1.807) is 6.20 Å². The minimum absolute atomic E-state index is 0. The summed E-state index contributed by atoms with van der Waals surface area (Å²) in [6.45, 7) is 10.6. The van der Waals surface area contributed by atoms with Crippen molar-refractivity contribution in [1.29, 1.82) is 0 Å². The molecular weight excluding hydrogens is 901 g/mol. The first-order valence-corrected chi connectivity index (χ1v) is 23.8. The second-order valence-electron chi connectivity index (χ2n) is 16.4. The third-order valence-corrected chi connectivity index (χ3v) is 13.0. The van der Waals surface area contributed by atoms with Crippen LogP contribution in [0, 0.1) is 18.1 Å². The predicted octanol–water partition coefficient (Wildman–Crippen LogP) is 14.1. The van der Waals surface area contributed by atoms with Gasteiger partial charge in [-0.05, 0) is 75.2 Å².